The molecule has 1 aromatic rings. The molecule has 0 unspecified atom stereocenters. The van der Waals surface area contributed by atoms with Crippen LogP contribution in [0.15, 0.2) is 18.2 Å². The minimum atomic E-state index is 0.584. The molecule has 0 amide bonds. The van der Waals surface area contributed by atoms with Crippen molar-refractivity contribution in [2.45, 2.75) is 44.6 Å². The van der Waals surface area contributed by atoms with Crippen LogP contribution in [0.4, 0.5) is 5.69 Å². The maximum Gasteiger partial charge on any atom is 0.152 e. The first-order valence-corrected chi connectivity index (χ1v) is 7.69. The quantitative estimate of drug-likeness (QED) is 0.751. The molecule has 0 spiro atoms. The molecule has 1 aliphatic carbocycles. The van der Waals surface area contributed by atoms with Gasteiger partial charge in [-0.05, 0) is 43.7 Å². The van der Waals surface area contributed by atoms with Crippen LogP contribution in [0.1, 0.15) is 48.9 Å². The maximum atomic E-state index is 11.3. The molecular formula is C16H20ClNO. The third-order valence-corrected chi connectivity index (χ3v) is 4.98. The Morgan fingerprint density at radius 2 is 1.95 bits per heavy atom. The van der Waals surface area contributed by atoms with Crippen molar-refractivity contribution in [3.63, 3.8) is 0 Å². The van der Waals surface area contributed by atoms with E-state index in [0.717, 1.165) is 35.0 Å². The Morgan fingerprint density at radius 3 is 2.79 bits per heavy atom. The van der Waals surface area contributed by atoms with Crippen molar-refractivity contribution in [1.29, 1.82) is 0 Å². The number of piperidine rings is 1. The third kappa shape index (κ3) is 2.38. The number of para-hydroxylation sites is 1. The molecule has 2 fully saturated rings. The van der Waals surface area contributed by atoms with Gasteiger partial charge in [-0.1, -0.05) is 30.5 Å². The first-order valence-electron chi connectivity index (χ1n) is 7.31. The average Bonchev–Trinajstić information content (AvgIpc) is 2.46. The Morgan fingerprint density at radius 1 is 1.16 bits per heavy atom. The number of hydrogen-bond donors (Lipinski definition) is 0. The number of aldehydes is 1. The number of halogens is 1. The molecule has 2 nitrogen and oxygen atoms in total. The van der Waals surface area contributed by atoms with Crippen LogP contribution in [-0.2, 0) is 0 Å². The van der Waals surface area contributed by atoms with Crippen molar-refractivity contribution in [1.82, 2.24) is 0 Å². The van der Waals surface area contributed by atoms with Crippen LogP contribution in [0, 0.1) is 5.92 Å². The Kier molecular flexibility index (Phi) is 3.79. The highest BCUT2D eigenvalue weighted by Gasteiger charge is 2.34. The summed E-state index contributed by atoms with van der Waals surface area (Å²) >= 11 is 6.37. The molecule has 1 heterocycles. The molecule has 1 saturated carbocycles. The monoisotopic (exact) mass is 277 g/mol. The van der Waals surface area contributed by atoms with Crippen molar-refractivity contribution in [2.24, 2.45) is 5.92 Å². The summed E-state index contributed by atoms with van der Waals surface area (Å²) < 4.78 is 0. The van der Waals surface area contributed by atoms with Gasteiger partial charge in [-0.3, -0.25) is 4.79 Å². The lowest BCUT2D eigenvalue weighted by Gasteiger charge is -2.46. The van der Waals surface area contributed by atoms with E-state index in [1.807, 2.05) is 18.2 Å². The summed E-state index contributed by atoms with van der Waals surface area (Å²) in [6.07, 6.45) is 8.73. The lowest BCUT2D eigenvalue weighted by Crippen LogP contribution is -2.47. The van der Waals surface area contributed by atoms with Crippen LogP contribution in [0.3, 0.4) is 0 Å². The summed E-state index contributed by atoms with van der Waals surface area (Å²) in [5, 5.41) is 0.718. The summed E-state index contributed by atoms with van der Waals surface area (Å²) in [6.45, 7) is 1.03. The van der Waals surface area contributed by atoms with Gasteiger partial charge in [0.15, 0.2) is 6.29 Å². The molecule has 0 bridgehead atoms. The van der Waals surface area contributed by atoms with Crippen molar-refractivity contribution in [3.8, 4) is 0 Å². The van der Waals surface area contributed by atoms with Crippen LogP contribution in [-0.4, -0.2) is 18.9 Å². The summed E-state index contributed by atoms with van der Waals surface area (Å²) in [7, 11) is 0. The Balaban J connectivity index is 1.98. The Bertz CT molecular complexity index is 472. The van der Waals surface area contributed by atoms with E-state index in [1.165, 1.54) is 38.5 Å². The van der Waals surface area contributed by atoms with Gasteiger partial charge in [0.05, 0.1) is 10.7 Å². The van der Waals surface area contributed by atoms with Crippen LogP contribution in [0.25, 0.3) is 0 Å². The van der Waals surface area contributed by atoms with E-state index in [2.05, 4.69) is 4.90 Å². The second kappa shape index (κ2) is 5.54. The predicted molar refractivity (Wildman–Crippen MR) is 79.2 cm³/mol. The largest absolute Gasteiger partial charge is 0.366 e. The number of carbonyl (C=O) groups excluding carboxylic acids is 1. The number of benzene rings is 1. The second-order valence-electron chi connectivity index (χ2n) is 5.74. The van der Waals surface area contributed by atoms with E-state index in [4.69, 9.17) is 11.6 Å². The zero-order valence-electron chi connectivity index (χ0n) is 11.1. The fourth-order valence-electron chi connectivity index (χ4n) is 3.83. The first-order chi connectivity index (χ1) is 9.31. The average molecular weight is 278 g/mol. The van der Waals surface area contributed by atoms with Gasteiger partial charge < -0.3 is 4.90 Å². The molecule has 2 atom stereocenters. The van der Waals surface area contributed by atoms with Crippen LogP contribution < -0.4 is 4.90 Å². The van der Waals surface area contributed by atoms with Crippen molar-refractivity contribution in [3.05, 3.63) is 28.8 Å². The van der Waals surface area contributed by atoms with Gasteiger partial charge in [0, 0.05) is 18.2 Å². The molecule has 1 saturated heterocycles. The van der Waals surface area contributed by atoms with E-state index in [0.29, 0.717) is 6.04 Å². The van der Waals surface area contributed by atoms with Crippen LogP contribution >= 0.6 is 11.6 Å². The van der Waals surface area contributed by atoms with E-state index < -0.39 is 0 Å². The first kappa shape index (κ1) is 13.0. The maximum absolute atomic E-state index is 11.3. The molecule has 2 aliphatic rings. The lowest BCUT2D eigenvalue weighted by atomic mass is 9.78. The number of rotatable bonds is 2. The highest BCUT2D eigenvalue weighted by molar-refractivity contribution is 6.34. The highest BCUT2D eigenvalue weighted by atomic mass is 35.5. The van der Waals surface area contributed by atoms with E-state index >= 15 is 0 Å². The van der Waals surface area contributed by atoms with Gasteiger partial charge in [-0.15, -0.1) is 0 Å². The van der Waals surface area contributed by atoms with Crippen molar-refractivity contribution in [2.75, 3.05) is 11.4 Å². The summed E-state index contributed by atoms with van der Waals surface area (Å²) in [6, 6.07) is 6.22. The lowest BCUT2D eigenvalue weighted by molar-refractivity contribution is 0.112. The summed E-state index contributed by atoms with van der Waals surface area (Å²) in [4.78, 5) is 13.7. The molecule has 19 heavy (non-hydrogen) atoms. The summed E-state index contributed by atoms with van der Waals surface area (Å²) in [5.41, 5.74) is 1.70. The second-order valence-corrected chi connectivity index (χ2v) is 6.15. The molecule has 102 valence electrons. The topological polar surface area (TPSA) is 20.3 Å². The minimum Gasteiger partial charge on any atom is -0.366 e. The normalized spacial score (nSPS) is 26.9. The van der Waals surface area contributed by atoms with Crippen LogP contribution in [0.2, 0.25) is 5.02 Å². The smallest absolute Gasteiger partial charge is 0.152 e. The minimum absolute atomic E-state index is 0.584. The number of nitrogens with zero attached hydrogens (tertiary/aromatic N) is 1. The third-order valence-electron chi connectivity index (χ3n) is 4.68. The molecule has 0 aromatic heterocycles. The van der Waals surface area contributed by atoms with Crippen LogP contribution in [0.5, 0.6) is 0 Å². The van der Waals surface area contributed by atoms with Gasteiger partial charge in [-0.25, -0.2) is 0 Å². The van der Waals surface area contributed by atoms with E-state index in [-0.39, 0.29) is 0 Å². The molecule has 3 heteroatoms. The van der Waals surface area contributed by atoms with Gasteiger partial charge in [0.2, 0.25) is 0 Å². The van der Waals surface area contributed by atoms with E-state index in [9.17, 15) is 4.79 Å². The molecule has 0 N–H and O–H groups in total. The zero-order chi connectivity index (χ0) is 13.2. The van der Waals surface area contributed by atoms with Crippen molar-refractivity contribution < 1.29 is 4.79 Å². The standard InChI is InChI=1S/C16H20ClNO/c17-14-8-3-6-13(11-19)16(14)18-10-4-7-12-5-1-2-9-15(12)18/h3,6,8,11-12,15H,1-2,4-5,7,9-10H2/t12-,15-/m1/s1. The molecule has 3 rings (SSSR count). The number of anilines is 1. The molecular weight excluding hydrogens is 258 g/mol. The molecule has 1 aliphatic heterocycles. The van der Waals surface area contributed by atoms with Gasteiger partial charge in [-0.2, -0.15) is 0 Å². The Labute approximate surface area is 119 Å². The number of carbonyl (C=O) groups is 1. The SMILES string of the molecule is O=Cc1cccc(Cl)c1N1CCC[C@H]2CCCC[C@H]21. The summed E-state index contributed by atoms with van der Waals surface area (Å²) in [5.74, 6) is 0.790. The molecule has 1 aromatic carbocycles. The van der Waals surface area contributed by atoms with Gasteiger partial charge in [0.1, 0.15) is 0 Å². The van der Waals surface area contributed by atoms with Gasteiger partial charge >= 0.3 is 0 Å². The number of hydrogen-bond acceptors (Lipinski definition) is 2. The number of fused-ring (bicyclic) bond motifs is 1. The predicted octanol–water partition coefficient (Wildman–Crippen LogP) is 4.31. The highest BCUT2D eigenvalue weighted by Crippen LogP contribution is 2.40. The zero-order valence-corrected chi connectivity index (χ0v) is 11.9. The fourth-order valence-corrected chi connectivity index (χ4v) is 4.12. The molecule has 0 radical (unpaired) electrons. The van der Waals surface area contributed by atoms with E-state index in [1.54, 1.807) is 0 Å². The van der Waals surface area contributed by atoms with Crippen molar-refractivity contribution >= 4 is 23.6 Å². The fraction of sp³-hybridized carbons (Fsp3) is 0.562. The van der Waals surface area contributed by atoms with Gasteiger partial charge in [0.25, 0.3) is 0 Å². The Hall–Kier alpha value is -1.02.